The van der Waals surface area contributed by atoms with Crippen molar-refractivity contribution in [3.05, 3.63) is 125 Å². The number of piperazine rings is 1. The smallest absolute Gasteiger partial charge is 0.260 e. The summed E-state index contributed by atoms with van der Waals surface area (Å²) in [6.45, 7) is 10.6. The molecule has 1 N–H and O–H groups in total. The average Bonchev–Trinajstić information content (AvgIpc) is 2.23. The molecule has 0 aromatic heterocycles. The third-order valence-electron chi connectivity index (χ3n) is 17.2. The number of nitrogens with zero attached hydrogens (tertiary/aromatic N) is 7. The Morgan fingerprint density at radius 2 is 1.21 bits per heavy atom. The van der Waals surface area contributed by atoms with E-state index in [-0.39, 0.29) is 78.4 Å². The number of carbonyl (C=O) groups is 7. The third kappa shape index (κ3) is 14.4. The number of fused-ring (bicyclic) bond motifs is 4. The number of benzene rings is 4. The zero-order valence-corrected chi connectivity index (χ0v) is 50.6. The molecule has 0 aliphatic carbocycles. The fraction of sp³-hybridized carbons (Fsp3) is 0.426. The monoisotopic (exact) mass is 1180 g/mol. The van der Waals surface area contributed by atoms with E-state index in [0.29, 0.717) is 97.4 Å². The lowest BCUT2D eigenvalue weighted by Crippen LogP contribution is -2.44. The van der Waals surface area contributed by atoms with Crippen molar-refractivity contribution in [1.29, 1.82) is 0 Å². The number of Topliss-reactive ketones (excluding diaryl/α,β-unsaturated/α-hetero) is 2. The molecule has 1 fully saturated rings. The van der Waals surface area contributed by atoms with E-state index >= 15 is 0 Å². The number of aliphatic imine (C=N–C) groups is 2. The Morgan fingerprint density at radius 1 is 0.644 bits per heavy atom. The number of unbranched alkanes of at least 4 members (excludes halogenated alkanes) is 4. The molecule has 0 spiro atoms. The van der Waals surface area contributed by atoms with E-state index in [1.165, 1.54) is 29.8 Å². The van der Waals surface area contributed by atoms with Crippen molar-refractivity contribution >= 4 is 81.7 Å². The highest BCUT2D eigenvalue weighted by Gasteiger charge is 2.36. The summed E-state index contributed by atoms with van der Waals surface area (Å²) in [5, 5.41) is 2.86. The van der Waals surface area contributed by atoms with Gasteiger partial charge in [-0.05, 0) is 104 Å². The molecule has 1 saturated heterocycles. The first kappa shape index (κ1) is 61.4. The van der Waals surface area contributed by atoms with Crippen LogP contribution in [0.25, 0.3) is 11.1 Å². The predicted octanol–water partition coefficient (Wildman–Crippen LogP) is 9.36. The maximum atomic E-state index is 14.2. The summed E-state index contributed by atoms with van der Waals surface area (Å²) in [7, 11) is 5.25. The van der Waals surface area contributed by atoms with Crippen LogP contribution in [0.5, 0.6) is 23.0 Å². The lowest BCUT2D eigenvalue weighted by molar-refractivity contribution is -0.137. The number of likely N-dealkylation sites (N-methyl/N-ethyl adjacent to an activating group) is 1. The highest BCUT2D eigenvalue weighted by Crippen LogP contribution is 2.42. The maximum Gasteiger partial charge on any atom is 0.260 e. The number of hydrogen-bond acceptors (Lipinski definition) is 15. The molecule has 87 heavy (non-hydrogen) atoms. The number of methoxy groups -OCH3 is 2. The topological polar surface area (TPSA) is 209 Å². The van der Waals surface area contributed by atoms with Crippen LogP contribution in [0, 0.1) is 11.8 Å². The van der Waals surface area contributed by atoms with Crippen LogP contribution in [0.3, 0.4) is 0 Å². The average molecular weight is 1180 g/mol. The summed E-state index contributed by atoms with van der Waals surface area (Å²) in [6.07, 6.45) is 15.6. The predicted molar refractivity (Wildman–Crippen MR) is 333 cm³/mol. The maximum absolute atomic E-state index is 14.2. The van der Waals surface area contributed by atoms with Crippen LogP contribution in [0.4, 0.5) is 17.1 Å². The summed E-state index contributed by atoms with van der Waals surface area (Å²) in [5.41, 5.74) is 7.77. The largest absolute Gasteiger partial charge is 0.493 e. The molecule has 19 nitrogen and oxygen atoms in total. The van der Waals surface area contributed by atoms with Crippen LogP contribution in [-0.2, 0) is 30.4 Å². The van der Waals surface area contributed by atoms with Crippen molar-refractivity contribution in [3.63, 3.8) is 0 Å². The second-order valence-electron chi connectivity index (χ2n) is 23.6. The molecular weight excluding hydrogens is 1100 g/mol. The van der Waals surface area contributed by atoms with Gasteiger partial charge >= 0.3 is 0 Å². The van der Waals surface area contributed by atoms with Gasteiger partial charge in [0.15, 0.2) is 28.8 Å². The highest BCUT2D eigenvalue weighted by atomic mass is 16.5. The van der Waals surface area contributed by atoms with Gasteiger partial charge in [-0.1, -0.05) is 56.7 Å². The van der Waals surface area contributed by atoms with E-state index in [2.05, 4.69) is 46.4 Å². The number of ether oxygens (including phenoxy) is 4. The molecule has 0 saturated carbocycles. The van der Waals surface area contributed by atoms with E-state index < -0.39 is 12.0 Å². The van der Waals surface area contributed by atoms with E-state index in [4.69, 9.17) is 28.9 Å². The Labute approximate surface area is 508 Å². The van der Waals surface area contributed by atoms with Gasteiger partial charge in [-0.2, -0.15) is 0 Å². The van der Waals surface area contributed by atoms with Crippen molar-refractivity contribution in [2.45, 2.75) is 110 Å². The van der Waals surface area contributed by atoms with E-state index in [1.807, 2.05) is 56.7 Å². The van der Waals surface area contributed by atoms with Gasteiger partial charge in [-0.25, -0.2) is 0 Å². The molecule has 5 amide bonds. The number of amides is 5. The number of nitrogens with one attached hydrogen (secondary N) is 1. The molecule has 0 bridgehead atoms. The van der Waals surface area contributed by atoms with Gasteiger partial charge in [0, 0.05) is 126 Å². The lowest BCUT2D eigenvalue weighted by atomic mass is 9.88. The van der Waals surface area contributed by atoms with E-state index in [0.717, 1.165) is 73.3 Å². The molecule has 6 heterocycles. The first-order chi connectivity index (χ1) is 42.0. The molecule has 4 aromatic rings. The van der Waals surface area contributed by atoms with Crippen molar-refractivity contribution in [2.24, 2.45) is 21.8 Å². The Morgan fingerprint density at radius 3 is 1.77 bits per heavy atom. The van der Waals surface area contributed by atoms with Gasteiger partial charge in [-0.3, -0.25) is 48.4 Å². The Kier molecular flexibility index (Phi) is 19.6. The minimum absolute atomic E-state index is 0.0493. The highest BCUT2D eigenvalue weighted by molar-refractivity contribution is 6.13. The zero-order chi connectivity index (χ0) is 61.3. The van der Waals surface area contributed by atoms with Gasteiger partial charge in [-0.15, -0.1) is 0 Å². The van der Waals surface area contributed by atoms with Crippen LogP contribution < -0.4 is 29.2 Å². The molecule has 4 aromatic carbocycles. The van der Waals surface area contributed by atoms with Gasteiger partial charge in [0.2, 0.25) is 5.91 Å². The summed E-state index contributed by atoms with van der Waals surface area (Å²) in [4.78, 5) is 111. The van der Waals surface area contributed by atoms with Crippen LogP contribution in [0.1, 0.15) is 122 Å². The van der Waals surface area contributed by atoms with Crippen LogP contribution in [-0.4, -0.2) is 158 Å². The molecule has 456 valence electrons. The summed E-state index contributed by atoms with van der Waals surface area (Å²) in [5.74, 6) is -0.465. The number of ketones is 2. The molecule has 10 rings (SSSR count). The van der Waals surface area contributed by atoms with Crippen LogP contribution >= 0.6 is 0 Å². The molecule has 0 radical (unpaired) electrons. The quantitative estimate of drug-likeness (QED) is 0.0436. The number of carbonyl (C=O) groups excluding carboxylic acids is 7. The van der Waals surface area contributed by atoms with Gasteiger partial charge in [0.25, 0.3) is 23.6 Å². The minimum Gasteiger partial charge on any atom is -0.493 e. The van der Waals surface area contributed by atoms with Gasteiger partial charge in [0.05, 0.1) is 68.1 Å². The van der Waals surface area contributed by atoms with Gasteiger partial charge in [0.1, 0.15) is 5.78 Å². The summed E-state index contributed by atoms with van der Waals surface area (Å²) < 4.78 is 23.9. The third-order valence-corrected chi connectivity index (χ3v) is 17.2. The number of hydrogen-bond donors (Lipinski definition) is 1. The minimum atomic E-state index is -0.793. The fourth-order valence-electron chi connectivity index (χ4n) is 11.9. The standard InChI is InChI=1S/C68H78N8O11/c1-43(2)54(34-53(77)16-9-7-10-23-74-64(79)21-22-65(74)80)66(81)71-44(3)59(78)31-45-14-13-15-47(30-45)49-33-52-40-70-58-38-63(61(85-6)36-56(58)68(83)76(52)42-49)87-29-12-8-11-28-86-62-37-57-55(35-60(62)84-5)67(82)75-41-48(32-51(75)39-69-57)46-17-19-50(20-18-46)73-26-24-72(4)25-27-73/h13-15,17-22,30,35-44,51-52,54H,7-12,16,23-29,31-34H2,1-6H3,(H,71,81)/t44-,51-,52-,54-/m0/s1. The second kappa shape index (κ2) is 27.8. The molecule has 6 aliphatic heterocycles. The van der Waals surface area contributed by atoms with Crippen molar-refractivity contribution in [2.75, 3.05) is 72.1 Å². The van der Waals surface area contributed by atoms with E-state index in [1.54, 1.807) is 54.3 Å². The van der Waals surface area contributed by atoms with Crippen molar-refractivity contribution in [1.82, 2.24) is 24.9 Å². The molecule has 19 heteroatoms. The zero-order valence-electron chi connectivity index (χ0n) is 50.6. The molecule has 6 aliphatic rings. The molecule has 0 unspecified atom stereocenters. The summed E-state index contributed by atoms with van der Waals surface area (Å²) >= 11 is 0. The summed E-state index contributed by atoms with van der Waals surface area (Å²) in [6, 6.07) is 21.8. The van der Waals surface area contributed by atoms with Crippen LogP contribution in [0.2, 0.25) is 0 Å². The normalized spacial score (nSPS) is 18.6. The first-order valence-electron chi connectivity index (χ1n) is 30.4. The fourth-order valence-corrected chi connectivity index (χ4v) is 11.9. The van der Waals surface area contributed by atoms with E-state index in [9.17, 15) is 33.6 Å². The Balaban J connectivity index is 0.669. The molecule has 4 atom stereocenters. The number of rotatable bonds is 27. The van der Waals surface area contributed by atoms with Crippen LogP contribution in [0.15, 0.2) is 107 Å². The number of imide groups is 1. The SMILES string of the molecule is COc1cc2c(cc1OCCCCCOc1cc3c(cc1OC)C(=O)N1C=C(c4cccc(CC(=O)[C@H](C)NC(=O)[C@@H](CC(=O)CCCCCN5C(=O)C=CC5=O)C(C)C)c4)C[C@H]1C=N3)N=C[C@@H]1CC(c3ccc(N4CCN(C)CC4)cc3)=CN1C2=O. The number of anilines is 1. The Bertz CT molecular complexity index is 3430. The lowest BCUT2D eigenvalue weighted by Gasteiger charge is -2.34. The first-order valence-corrected chi connectivity index (χ1v) is 30.4. The van der Waals surface area contributed by atoms with Gasteiger partial charge < -0.3 is 43.9 Å². The van der Waals surface area contributed by atoms with Crippen molar-refractivity contribution in [3.8, 4) is 23.0 Å². The molecular formula is C68H78N8O11. The Hall–Kier alpha value is -8.71. The van der Waals surface area contributed by atoms with Crippen molar-refractivity contribution < 1.29 is 52.5 Å². The second-order valence-corrected chi connectivity index (χ2v) is 23.6.